The Morgan fingerprint density at radius 1 is 1.15 bits per heavy atom. The lowest BCUT2D eigenvalue weighted by Crippen LogP contribution is -2.49. The number of aromatic nitrogens is 1. The fraction of sp³-hybridized carbons (Fsp3) is 0.250. The van der Waals surface area contributed by atoms with Crippen LogP contribution in [-0.2, 0) is 11.2 Å². The Morgan fingerprint density at radius 2 is 1.88 bits per heavy atom. The highest BCUT2D eigenvalue weighted by Crippen LogP contribution is 2.26. The Balaban J connectivity index is 1.41. The number of carbonyl (C=O) groups is 3. The molecular formula is C24H24N4O4S. The second kappa shape index (κ2) is 9.41. The van der Waals surface area contributed by atoms with E-state index in [1.807, 2.05) is 61.5 Å². The van der Waals surface area contributed by atoms with Crippen LogP contribution in [0.15, 0.2) is 60.0 Å². The van der Waals surface area contributed by atoms with Gasteiger partial charge in [-0.3, -0.25) is 15.0 Å². The van der Waals surface area contributed by atoms with E-state index in [4.69, 9.17) is 4.74 Å². The maximum absolute atomic E-state index is 12.9. The zero-order valence-corrected chi connectivity index (χ0v) is 19.1. The van der Waals surface area contributed by atoms with Crippen molar-refractivity contribution in [1.29, 1.82) is 0 Å². The van der Waals surface area contributed by atoms with Gasteiger partial charge in [0.1, 0.15) is 22.0 Å². The summed E-state index contributed by atoms with van der Waals surface area (Å²) in [5, 5.41) is 5.67. The molecule has 0 spiro atoms. The number of hydrogen-bond donors (Lipinski definition) is 2. The summed E-state index contributed by atoms with van der Waals surface area (Å²) in [5.41, 5.74) is 3.32. The van der Waals surface area contributed by atoms with Gasteiger partial charge in [-0.05, 0) is 56.5 Å². The number of urea groups is 1. The molecule has 3 aromatic rings. The Morgan fingerprint density at radius 3 is 2.58 bits per heavy atom. The quantitative estimate of drug-likeness (QED) is 0.494. The third-order valence-corrected chi connectivity index (χ3v) is 6.27. The van der Waals surface area contributed by atoms with Crippen molar-refractivity contribution in [1.82, 2.24) is 20.7 Å². The van der Waals surface area contributed by atoms with E-state index < -0.39 is 23.4 Å². The van der Waals surface area contributed by atoms with Crippen LogP contribution >= 0.6 is 11.3 Å². The smallest absolute Gasteiger partial charge is 0.344 e. The van der Waals surface area contributed by atoms with Crippen LogP contribution in [0.1, 0.15) is 36.3 Å². The largest absolute Gasteiger partial charge is 0.494 e. The van der Waals surface area contributed by atoms with Crippen LogP contribution in [0.4, 0.5) is 4.79 Å². The van der Waals surface area contributed by atoms with Gasteiger partial charge in [0, 0.05) is 10.9 Å². The van der Waals surface area contributed by atoms with Crippen molar-refractivity contribution in [3.05, 3.63) is 71.2 Å². The van der Waals surface area contributed by atoms with Crippen molar-refractivity contribution >= 4 is 29.2 Å². The molecule has 4 rings (SSSR count). The minimum atomic E-state index is -1.10. The van der Waals surface area contributed by atoms with Crippen LogP contribution in [-0.4, -0.2) is 40.0 Å². The van der Waals surface area contributed by atoms with Crippen molar-refractivity contribution < 1.29 is 19.1 Å². The first-order valence-electron chi connectivity index (χ1n) is 10.6. The van der Waals surface area contributed by atoms with Crippen LogP contribution in [0.2, 0.25) is 0 Å². The number of benzene rings is 2. The first-order chi connectivity index (χ1) is 15.9. The highest BCUT2D eigenvalue weighted by Gasteiger charge is 2.48. The number of carbonyl (C=O) groups excluding carboxylic acids is 3. The molecule has 1 saturated heterocycles. The number of rotatable bonds is 8. The summed E-state index contributed by atoms with van der Waals surface area (Å²) in [6.07, 6.45) is 1.02. The molecule has 1 aliphatic heterocycles. The summed E-state index contributed by atoms with van der Waals surface area (Å²) >= 11 is 1.30. The molecule has 0 aliphatic carbocycles. The maximum atomic E-state index is 12.9. The average molecular weight is 465 g/mol. The zero-order valence-electron chi connectivity index (χ0n) is 18.3. The molecule has 0 radical (unpaired) electrons. The number of aryl methyl sites for hydroxylation is 1. The fourth-order valence-electron chi connectivity index (χ4n) is 3.52. The highest BCUT2D eigenvalue weighted by molar-refractivity contribution is 7.13. The first kappa shape index (κ1) is 22.5. The summed E-state index contributed by atoms with van der Waals surface area (Å²) < 4.78 is 5.44. The van der Waals surface area contributed by atoms with Crippen molar-refractivity contribution in [3.63, 3.8) is 0 Å². The van der Waals surface area contributed by atoms with Crippen molar-refractivity contribution in [2.75, 3.05) is 6.61 Å². The third-order valence-electron chi connectivity index (χ3n) is 5.38. The predicted octanol–water partition coefficient (Wildman–Crippen LogP) is 3.80. The lowest BCUT2D eigenvalue weighted by molar-refractivity contribution is -0.132. The molecule has 9 heteroatoms. The molecule has 0 bridgehead atoms. The van der Waals surface area contributed by atoms with Crippen LogP contribution in [0, 0.1) is 0 Å². The number of thiazole rings is 1. The second-order valence-corrected chi connectivity index (χ2v) is 8.68. The minimum absolute atomic E-state index is 0.127. The standard InChI is InChI=1S/C24H24N4O4S/c1-3-32-18-11-9-17(10-12-18)21-25-19(15-33-21)20(29)27-28-22(30)24(2,26-23(28)31)14-13-16-7-5-4-6-8-16/h4-12,15H,3,13-14H2,1-2H3,(H,26,31)(H,27,29). The number of imide groups is 1. The van der Waals surface area contributed by atoms with E-state index in [1.165, 1.54) is 11.3 Å². The van der Waals surface area contributed by atoms with E-state index in [1.54, 1.807) is 12.3 Å². The van der Waals surface area contributed by atoms with Gasteiger partial charge in [-0.25, -0.2) is 9.78 Å². The molecule has 8 nitrogen and oxygen atoms in total. The highest BCUT2D eigenvalue weighted by atomic mass is 32.1. The molecule has 4 amide bonds. The van der Waals surface area contributed by atoms with Gasteiger partial charge in [-0.15, -0.1) is 11.3 Å². The fourth-order valence-corrected chi connectivity index (χ4v) is 4.33. The molecule has 2 aromatic carbocycles. The molecule has 170 valence electrons. The van der Waals surface area contributed by atoms with E-state index in [-0.39, 0.29) is 5.69 Å². The molecule has 33 heavy (non-hydrogen) atoms. The SMILES string of the molecule is CCOc1ccc(-c2nc(C(=O)NN3C(=O)NC(C)(CCc4ccccc4)C3=O)cs2)cc1. The Hall–Kier alpha value is -3.72. The molecule has 0 saturated carbocycles. The van der Waals surface area contributed by atoms with Gasteiger partial charge in [-0.1, -0.05) is 30.3 Å². The van der Waals surface area contributed by atoms with Crippen LogP contribution in [0.3, 0.4) is 0 Å². The molecule has 1 aliphatic rings. The van der Waals surface area contributed by atoms with E-state index in [0.717, 1.165) is 21.9 Å². The number of nitrogens with one attached hydrogen (secondary N) is 2. The van der Waals surface area contributed by atoms with E-state index in [0.29, 0.717) is 24.5 Å². The Labute approximate surface area is 195 Å². The van der Waals surface area contributed by atoms with E-state index >= 15 is 0 Å². The molecular weight excluding hydrogens is 440 g/mol. The minimum Gasteiger partial charge on any atom is -0.494 e. The second-order valence-electron chi connectivity index (χ2n) is 7.82. The zero-order chi connectivity index (χ0) is 23.4. The number of hydrazine groups is 1. The van der Waals surface area contributed by atoms with Gasteiger partial charge < -0.3 is 10.1 Å². The lowest BCUT2D eigenvalue weighted by Gasteiger charge is -2.21. The lowest BCUT2D eigenvalue weighted by atomic mass is 9.93. The average Bonchev–Trinajstić information content (AvgIpc) is 3.39. The van der Waals surface area contributed by atoms with Gasteiger partial charge in [0.15, 0.2) is 0 Å². The van der Waals surface area contributed by atoms with E-state index in [9.17, 15) is 14.4 Å². The number of hydrogen-bond acceptors (Lipinski definition) is 6. The van der Waals surface area contributed by atoms with Gasteiger partial charge in [0.2, 0.25) is 0 Å². The summed E-state index contributed by atoms with van der Waals surface area (Å²) in [6.45, 7) is 4.15. The summed E-state index contributed by atoms with van der Waals surface area (Å²) in [6, 6.07) is 16.4. The van der Waals surface area contributed by atoms with Gasteiger partial charge >= 0.3 is 6.03 Å². The summed E-state index contributed by atoms with van der Waals surface area (Å²) in [5.74, 6) is -0.373. The van der Waals surface area contributed by atoms with Crippen LogP contribution < -0.4 is 15.5 Å². The molecule has 1 fully saturated rings. The monoisotopic (exact) mass is 464 g/mol. The molecule has 1 unspecified atom stereocenters. The topological polar surface area (TPSA) is 101 Å². The maximum Gasteiger partial charge on any atom is 0.344 e. The molecule has 1 aromatic heterocycles. The molecule has 1 atom stereocenters. The number of ether oxygens (including phenoxy) is 1. The first-order valence-corrected chi connectivity index (χ1v) is 11.5. The van der Waals surface area contributed by atoms with E-state index in [2.05, 4.69) is 15.7 Å². The molecule has 2 N–H and O–H groups in total. The Kier molecular flexibility index (Phi) is 6.41. The van der Waals surface area contributed by atoms with Crippen molar-refractivity contribution in [3.8, 4) is 16.3 Å². The summed E-state index contributed by atoms with van der Waals surface area (Å²) in [7, 11) is 0. The van der Waals surface area contributed by atoms with Crippen LogP contribution in [0.25, 0.3) is 10.6 Å². The normalized spacial score (nSPS) is 17.7. The Bertz CT molecular complexity index is 1160. The third kappa shape index (κ3) is 4.88. The molecule has 2 heterocycles. The predicted molar refractivity (Wildman–Crippen MR) is 125 cm³/mol. The summed E-state index contributed by atoms with van der Waals surface area (Å²) in [4.78, 5) is 42.4. The van der Waals surface area contributed by atoms with Gasteiger partial charge in [0.25, 0.3) is 11.8 Å². The van der Waals surface area contributed by atoms with Gasteiger partial charge in [0.05, 0.1) is 6.61 Å². The van der Waals surface area contributed by atoms with Crippen LogP contribution in [0.5, 0.6) is 5.75 Å². The van der Waals surface area contributed by atoms with Gasteiger partial charge in [-0.2, -0.15) is 5.01 Å². The number of nitrogens with zero attached hydrogens (tertiary/aromatic N) is 2. The number of amides is 4. The van der Waals surface area contributed by atoms with Crippen molar-refractivity contribution in [2.24, 2.45) is 0 Å². The van der Waals surface area contributed by atoms with Crippen molar-refractivity contribution in [2.45, 2.75) is 32.2 Å².